The van der Waals surface area contributed by atoms with Crippen LogP contribution in [0.5, 0.6) is 11.5 Å². The number of hydrogen-bond donors (Lipinski definition) is 2. The molecule has 2 aliphatic rings. The molecule has 4 rings (SSSR count). The summed E-state index contributed by atoms with van der Waals surface area (Å²) >= 11 is 0. The smallest absolute Gasteiger partial charge is 0.226 e. The monoisotopic (exact) mass is 395 g/mol. The number of fused-ring (bicyclic) bond motifs is 1. The van der Waals surface area contributed by atoms with E-state index in [1.54, 1.807) is 6.07 Å². The predicted molar refractivity (Wildman–Crippen MR) is 116 cm³/mol. The molecule has 154 valence electrons. The van der Waals surface area contributed by atoms with E-state index in [2.05, 4.69) is 46.7 Å². The van der Waals surface area contributed by atoms with Crippen LogP contribution in [0.15, 0.2) is 42.5 Å². The molecule has 1 saturated heterocycles. The Balaban J connectivity index is 1.22. The first kappa shape index (κ1) is 19.4. The van der Waals surface area contributed by atoms with Gasteiger partial charge in [-0.15, -0.1) is 0 Å². The highest BCUT2D eigenvalue weighted by Gasteiger charge is 2.16. The SMILES string of the molecule is CC1CCN(c2ccc(NCCC(=O)Nc3ccc4c(c3)OCCO4)cc2)CC1. The second kappa shape index (κ2) is 9.07. The first-order valence-corrected chi connectivity index (χ1v) is 10.5. The lowest BCUT2D eigenvalue weighted by atomic mass is 9.99. The first-order valence-electron chi connectivity index (χ1n) is 10.5. The molecule has 0 aliphatic carbocycles. The van der Waals surface area contributed by atoms with E-state index in [0.717, 1.165) is 36.1 Å². The maximum atomic E-state index is 12.2. The van der Waals surface area contributed by atoms with Crippen LogP contribution in [-0.4, -0.2) is 38.8 Å². The maximum Gasteiger partial charge on any atom is 0.226 e. The highest BCUT2D eigenvalue weighted by Crippen LogP contribution is 2.32. The third kappa shape index (κ3) is 5.13. The van der Waals surface area contributed by atoms with E-state index in [1.165, 1.54) is 18.5 Å². The van der Waals surface area contributed by atoms with Gasteiger partial charge in [-0.3, -0.25) is 4.79 Å². The third-order valence-corrected chi connectivity index (χ3v) is 5.52. The standard InChI is InChI=1S/C23H29N3O3/c1-17-9-12-26(13-10-17)20-5-2-18(3-6-20)24-11-8-23(27)25-19-4-7-21-22(16-19)29-15-14-28-21/h2-7,16-17,24H,8-15H2,1H3,(H,25,27). The van der Waals surface area contributed by atoms with Crippen LogP contribution in [0.4, 0.5) is 17.1 Å². The minimum atomic E-state index is -0.0340. The van der Waals surface area contributed by atoms with E-state index in [1.807, 2.05) is 12.1 Å². The zero-order chi connectivity index (χ0) is 20.1. The summed E-state index contributed by atoms with van der Waals surface area (Å²) in [7, 11) is 0. The molecule has 2 N–H and O–H groups in total. The summed E-state index contributed by atoms with van der Waals surface area (Å²) in [4.78, 5) is 14.7. The van der Waals surface area contributed by atoms with Gasteiger partial charge < -0.3 is 25.0 Å². The van der Waals surface area contributed by atoms with Gasteiger partial charge in [-0.25, -0.2) is 0 Å². The molecule has 0 saturated carbocycles. The average molecular weight is 396 g/mol. The lowest BCUT2D eigenvalue weighted by molar-refractivity contribution is -0.115. The van der Waals surface area contributed by atoms with Crippen LogP contribution in [0.1, 0.15) is 26.2 Å². The van der Waals surface area contributed by atoms with Crippen molar-refractivity contribution in [1.82, 2.24) is 0 Å². The lowest BCUT2D eigenvalue weighted by Gasteiger charge is -2.32. The van der Waals surface area contributed by atoms with Crippen molar-refractivity contribution in [2.24, 2.45) is 5.92 Å². The second-order valence-corrected chi connectivity index (χ2v) is 7.80. The van der Waals surface area contributed by atoms with Gasteiger partial charge in [-0.05, 0) is 55.2 Å². The number of benzene rings is 2. The number of nitrogens with one attached hydrogen (secondary N) is 2. The summed E-state index contributed by atoms with van der Waals surface area (Å²) in [6, 6.07) is 14.0. The van der Waals surface area contributed by atoms with Crippen molar-refractivity contribution in [3.63, 3.8) is 0 Å². The van der Waals surface area contributed by atoms with E-state index in [0.29, 0.717) is 31.9 Å². The Kier molecular flexibility index (Phi) is 6.08. The van der Waals surface area contributed by atoms with Crippen LogP contribution in [-0.2, 0) is 4.79 Å². The molecule has 0 aromatic heterocycles. The summed E-state index contributed by atoms with van der Waals surface area (Å²) in [5.74, 6) is 2.20. The molecular weight excluding hydrogens is 366 g/mol. The Morgan fingerprint density at radius 1 is 1.00 bits per heavy atom. The molecule has 0 atom stereocenters. The van der Waals surface area contributed by atoms with Gasteiger partial charge in [0, 0.05) is 49.2 Å². The highest BCUT2D eigenvalue weighted by molar-refractivity contribution is 5.91. The van der Waals surface area contributed by atoms with Crippen molar-refractivity contribution in [1.29, 1.82) is 0 Å². The number of amides is 1. The summed E-state index contributed by atoms with van der Waals surface area (Å²) in [5, 5.41) is 6.24. The van der Waals surface area contributed by atoms with E-state index >= 15 is 0 Å². The van der Waals surface area contributed by atoms with Crippen LogP contribution >= 0.6 is 0 Å². The third-order valence-electron chi connectivity index (χ3n) is 5.52. The molecule has 2 aromatic carbocycles. The molecule has 1 amide bonds. The van der Waals surface area contributed by atoms with Crippen molar-refractivity contribution in [2.75, 3.05) is 48.4 Å². The molecule has 0 unspecified atom stereocenters. The number of anilines is 3. The van der Waals surface area contributed by atoms with Crippen molar-refractivity contribution < 1.29 is 14.3 Å². The molecule has 2 aromatic rings. The number of rotatable bonds is 6. The van der Waals surface area contributed by atoms with Crippen LogP contribution in [0.25, 0.3) is 0 Å². The number of hydrogen-bond acceptors (Lipinski definition) is 5. The number of carbonyl (C=O) groups excluding carboxylic acids is 1. The summed E-state index contributed by atoms with van der Waals surface area (Å²) in [6.07, 6.45) is 2.91. The molecule has 6 nitrogen and oxygen atoms in total. The Bertz CT molecular complexity index is 830. The van der Waals surface area contributed by atoms with Gasteiger partial charge in [-0.1, -0.05) is 6.92 Å². The summed E-state index contributed by atoms with van der Waals surface area (Å²) in [5.41, 5.74) is 3.03. The number of piperidine rings is 1. The average Bonchev–Trinajstić information content (AvgIpc) is 2.75. The lowest BCUT2D eigenvalue weighted by Crippen LogP contribution is -2.32. The zero-order valence-corrected chi connectivity index (χ0v) is 16.9. The van der Waals surface area contributed by atoms with Gasteiger partial charge in [0.05, 0.1) is 0 Å². The molecule has 2 aliphatic heterocycles. The minimum absolute atomic E-state index is 0.0340. The molecule has 0 radical (unpaired) electrons. The van der Waals surface area contributed by atoms with Gasteiger partial charge in [0.1, 0.15) is 13.2 Å². The molecule has 6 heteroatoms. The number of nitrogens with zero attached hydrogens (tertiary/aromatic N) is 1. The Morgan fingerprint density at radius 2 is 1.69 bits per heavy atom. The second-order valence-electron chi connectivity index (χ2n) is 7.80. The van der Waals surface area contributed by atoms with Crippen molar-refractivity contribution in [3.8, 4) is 11.5 Å². The van der Waals surface area contributed by atoms with E-state index in [9.17, 15) is 4.79 Å². The van der Waals surface area contributed by atoms with Gasteiger partial charge in [0.2, 0.25) is 5.91 Å². The number of ether oxygens (including phenoxy) is 2. The molecule has 0 bridgehead atoms. The Hall–Kier alpha value is -2.89. The van der Waals surface area contributed by atoms with Gasteiger partial charge in [0.15, 0.2) is 11.5 Å². The topological polar surface area (TPSA) is 62.8 Å². The first-order chi connectivity index (χ1) is 14.2. The molecular formula is C23H29N3O3. The van der Waals surface area contributed by atoms with Crippen molar-refractivity contribution in [3.05, 3.63) is 42.5 Å². The fraction of sp³-hybridized carbons (Fsp3) is 0.435. The van der Waals surface area contributed by atoms with Crippen molar-refractivity contribution >= 4 is 23.0 Å². The molecule has 1 fully saturated rings. The Labute approximate surface area is 172 Å². The normalized spacial score (nSPS) is 16.4. The van der Waals surface area contributed by atoms with Crippen molar-refractivity contribution in [2.45, 2.75) is 26.2 Å². The summed E-state index contributed by atoms with van der Waals surface area (Å²) < 4.78 is 11.0. The predicted octanol–water partition coefficient (Wildman–Crippen LogP) is 4.13. The van der Waals surface area contributed by atoms with E-state index < -0.39 is 0 Å². The molecule has 0 spiro atoms. The van der Waals surface area contributed by atoms with E-state index in [-0.39, 0.29) is 5.91 Å². The Morgan fingerprint density at radius 3 is 2.45 bits per heavy atom. The molecule has 29 heavy (non-hydrogen) atoms. The molecule has 2 heterocycles. The quantitative estimate of drug-likeness (QED) is 0.770. The van der Waals surface area contributed by atoms with Gasteiger partial charge in [-0.2, -0.15) is 0 Å². The fourth-order valence-corrected chi connectivity index (χ4v) is 3.72. The summed E-state index contributed by atoms with van der Waals surface area (Å²) in [6.45, 7) is 6.26. The van der Waals surface area contributed by atoms with E-state index in [4.69, 9.17) is 9.47 Å². The van der Waals surface area contributed by atoms with Crippen LogP contribution in [0.2, 0.25) is 0 Å². The zero-order valence-electron chi connectivity index (χ0n) is 16.9. The fourth-order valence-electron chi connectivity index (χ4n) is 3.72. The highest BCUT2D eigenvalue weighted by atomic mass is 16.6. The van der Waals surface area contributed by atoms with Crippen LogP contribution < -0.4 is 25.0 Å². The number of carbonyl (C=O) groups is 1. The largest absolute Gasteiger partial charge is 0.486 e. The van der Waals surface area contributed by atoms with Crippen LogP contribution in [0, 0.1) is 5.92 Å². The van der Waals surface area contributed by atoms with Crippen LogP contribution in [0.3, 0.4) is 0 Å². The minimum Gasteiger partial charge on any atom is -0.486 e. The van der Waals surface area contributed by atoms with Gasteiger partial charge >= 0.3 is 0 Å². The van der Waals surface area contributed by atoms with Gasteiger partial charge in [0.25, 0.3) is 0 Å². The maximum absolute atomic E-state index is 12.2.